The molecule has 8 heteroatoms. The first-order chi connectivity index (χ1) is 9.27. The van der Waals surface area contributed by atoms with Crippen LogP contribution in [0, 0.1) is 17.5 Å². The van der Waals surface area contributed by atoms with E-state index in [2.05, 4.69) is 0 Å². The summed E-state index contributed by atoms with van der Waals surface area (Å²) < 4.78 is 75.0. The Morgan fingerprint density at radius 1 is 0.950 bits per heavy atom. The highest BCUT2D eigenvalue weighted by Gasteiger charge is 2.19. The average Bonchev–Trinajstić information content (AvgIpc) is 2.34. The molecule has 2 aromatic carbocycles. The second-order valence-corrected chi connectivity index (χ2v) is 5.17. The Hall–Kier alpha value is -2.06. The van der Waals surface area contributed by atoms with E-state index in [1.807, 2.05) is 0 Å². The quantitative estimate of drug-likeness (QED) is 0.885. The Bertz CT molecular complexity index is 719. The molecule has 0 radical (unpaired) electrons. The maximum atomic E-state index is 13.6. The molecule has 0 saturated carbocycles. The van der Waals surface area contributed by atoms with Crippen molar-refractivity contribution in [2.45, 2.75) is 4.90 Å². The topological polar surface area (TPSA) is 63.6 Å². The van der Waals surface area contributed by atoms with E-state index in [4.69, 9.17) is 9.29 Å². The molecule has 0 aliphatic heterocycles. The molecule has 0 bridgehead atoms. The van der Waals surface area contributed by atoms with Crippen molar-refractivity contribution in [1.82, 2.24) is 0 Å². The van der Waals surface area contributed by atoms with E-state index < -0.39 is 38.2 Å². The van der Waals surface area contributed by atoms with Gasteiger partial charge in [0.2, 0.25) is 0 Å². The third kappa shape index (κ3) is 3.09. The molecule has 20 heavy (non-hydrogen) atoms. The molecular formula is C12H7F3O4S. The van der Waals surface area contributed by atoms with Crippen molar-refractivity contribution in [3.8, 4) is 11.5 Å². The summed E-state index contributed by atoms with van der Waals surface area (Å²) in [6, 6.07) is 5.17. The van der Waals surface area contributed by atoms with Crippen LogP contribution in [0.3, 0.4) is 0 Å². The first-order valence-corrected chi connectivity index (χ1v) is 6.61. The minimum atomic E-state index is -4.73. The minimum absolute atomic E-state index is 0.0381. The van der Waals surface area contributed by atoms with Gasteiger partial charge in [0.1, 0.15) is 11.6 Å². The molecule has 0 aromatic heterocycles. The zero-order valence-corrected chi connectivity index (χ0v) is 10.5. The van der Waals surface area contributed by atoms with Gasteiger partial charge in [-0.25, -0.2) is 13.2 Å². The van der Waals surface area contributed by atoms with Crippen LogP contribution in [0.2, 0.25) is 0 Å². The fraction of sp³-hybridized carbons (Fsp3) is 0. The summed E-state index contributed by atoms with van der Waals surface area (Å²) in [4.78, 5) is -0.932. The van der Waals surface area contributed by atoms with E-state index >= 15 is 0 Å². The zero-order valence-electron chi connectivity index (χ0n) is 9.68. The minimum Gasteiger partial charge on any atom is -0.451 e. The van der Waals surface area contributed by atoms with E-state index in [9.17, 15) is 21.6 Å². The van der Waals surface area contributed by atoms with Crippen molar-refractivity contribution in [2.75, 3.05) is 0 Å². The molecular weight excluding hydrogens is 297 g/mol. The van der Waals surface area contributed by atoms with Crippen molar-refractivity contribution >= 4 is 10.1 Å². The van der Waals surface area contributed by atoms with Gasteiger partial charge in [0.05, 0.1) is 4.90 Å². The summed E-state index contributed by atoms with van der Waals surface area (Å²) in [6.45, 7) is 0. The summed E-state index contributed by atoms with van der Waals surface area (Å²) in [5, 5.41) is 0. The molecule has 0 heterocycles. The van der Waals surface area contributed by atoms with Gasteiger partial charge < -0.3 is 4.74 Å². The molecule has 0 saturated heterocycles. The highest BCUT2D eigenvalue weighted by atomic mass is 32.2. The SMILES string of the molecule is O=S(=O)(O)c1cc(F)c(Oc2ccc(F)cc2)c(F)c1. The first-order valence-electron chi connectivity index (χ1n) is 5.17. The highest BCUT2D eigenvalue weighted by Crippen LogP contribution is 2.29. The van der Waals surface area contributed by atoms with Gasteiger partial charge >= 0.3 is 0 Å². The van der Waals surface area contributed by atoms with Crippen LogP contribution < -0.4 is 4.74 Å². The molecule has 0 atom stereocenters. The number of halogens is 3. The van der Waals surface area contributed by atoms with Crippen molar-refractivity contribution in [1.29, 1.82) is 0 Å². The third-order valence-electron chi connectivity index (χ3n) is 2.30. The van der Waals surface area contributed by atoms with Gasteiger partial charge in [-0.2, -0.15) is 8.42 Å². The van der Waals surface area contributed by atoms with E-state index in [0.717, 1.165) is 24.3 Å². The predicted molar refractivity (Wildman–Crippen MR) is 62.6 cm³/mol. The Morgan fingerprint density at radius 3 is 1.90 bits per heavy atom. The number of ether oxygens (including phenoxy) is 1. The van der Waals surface area contributed by atoms with Gasteiger partial charge in [-0.1, -0.05) is 0 Å². The Balaban J connectivity index is 2.41. The van der Waals surface area contributed by atoms with Crippen LogP contribution >= 0.6 is 0 Å². The number of hydrogen-bond acceptors (Lipinski definition) is 3. The smallest absolute Gasteiger partial charge is 0.294 e. The summed E-state index contributed by atoms with van der Waals surface area (Å²) >= 11 is 0. The molecule has 0 spiro atoms. The maximum Gasteiger partial charge on any atom is 0.294 e. The van der Waals surface area contributed by atoms with Crippen molar-refractivity contribution in [3.63, 3.8) is 0 Å². The lowest BCUT2D eigenvalue weighted by atomic mass is 10.3. The lowest BCUT2D eigenvalue weighted by Gasteiger charge is -2.09. The lowest BCUT2D eigenvalue weighted by molar-refractivity contribution is 0.403. The first kappa shape index (κ1) is 14.4. The summed E-state index contributed by atoms with van der Waals surface area (Å²) in [7, 11) is -4.73. The van der Waals surface area contributed by atoms with Crippen LogP contribution in [0.5, 0.6) is 11.5 Å². The Labute approximate surface area is 112 Å². The molecule has 0 unspecified atom stereocenters. The van der Waals surface area contributed by atoms with Crippen molar-refractivity contribution in [3.05, 3.63) is 53.8 Å². The number of rotatable bonds is 3. The predicted octanol–water partition coefficient (Wildman–Crippen LogP) is 3.14. The van der Waals surface area contributed by atoms with Crippen molar-refractivity contribution < 1.29 is 30.9 Å². The number of benzene rings is 2. The van der Waals surface area contributed by atoms with Crippen molar-refractivity contribution in [2.24, 2.45) is 0 Å². The second kappa shape index (κ2) is 5.14. The molecule has 2 aromatic rings. The third-order valence-corrected chi connectivity index (χ3v) is 3.13. The summed E-state index contributed by atoms with van der Waals surface area (Å²) in [6.07, 6.45) is 0. The Morgan fingerprint density at radius 2 is 1.45 bits per heavy atom. The molecule has 0 aliphatic carbocycles. The molecule has 106 valence electrons. The average molecular weight is 304 g/mol. The molecule has 2 rings (SSSR count). The summed E-state index contributed by atoms with van der Waals surface area (Å²) in [5.41, 5.74) is 0. The van der Waals surface area contributed by atoms with E-state index in [-0.39, 0.29) is 5.75 Å². The second-order valence-electron chi connectivity index (χ2n) is 3.75. The molecule has 0 amide bonds. The number of hydrogen-bond donors (Lipinski definition) is 1. The van der Waals surface area contributed by atoms with E-state index in [1.54, 1.807) is 0 Å². The van der Waals surface area contributed by atoms with Crippen LogP contribution in [0.15, 0.2) is 41.3 Å². The molecule has 0 fully saturated rings. The summed E-state index contributed by atoms with van der Waals surface area (Å²) in [5.74, 6) is -4.09. The normalized spacial score (nSPS) is 11.4. The van der Waals surface area contributed by atoms with Gasteiger partial charge in [0.15, 0.2) is 17.4 Å². The van der Waals surface area contributed by atoms with Crippen LogP contribution in [-0.2, 0) is 10.1 Å². The van der Waals surface area contributed by atoms with Gasteiger partial charge in [0, 0.05) is 0 Å². The molecule has 4 nitrogen and oxygen atoms in total. The van der Waals surface area contributed by atoms with Gasteiger partial charge in [-0.3, -0.25) is 4.55 Å². The lowest BCUT2D eigenvalue weighted by Crippen LogP contribution is -2.02. The monoisotopic (exact) mass is 304 g/mol. The van der Waals surface area contributed by atoms with E-state index in [1.165, 1.54) is 0 Å². The van der Waals surface area contributed by atoms with Crippen LogP contribution in [0.4, 0.5) is 13.2 Å². The zero-order chi connectivity index (χ0) is 14.9. The largest absolute Gasteiger partial charge is 0.451 e. The van der Waals surface area contributed by atoms with Gasteiger partial charge in [0.25, 0.3) is 10.1 Å². The Kier molecular flexibility index (Phi) is 3.69. The van der Waals surface area contributed by atoms with Crippen LogP contribution in [0.1, 0.15) is 0 Å². The van der Waals surface area contributed by atoms with E-state index in [0.29, 0.717) is 12.1 Å². The molecule has 0 aliphatic rings. The maximum absolute atomic E-state index is 13.6. The van der Waals surface area contributed by atoms with Crippen LogP contribution in [-0.4, -0.2) is 13.0 Å². The molecule has 1 N–H and O–H groups in total. The fourth-order valence-electron chi connectivity index (χ4n) is 1.40. The van der Waals surface area contributed by atoms with Crippen LogP contribution in [0.25, 0.3) is 0 Å². The highest BCUT2D eigenvalue weighted by molar-refractivity contribution is 7.85. The van der Waals surface area contributed by atoms with Gasteiger partial charge in [-0.15, -0.1) is 0 Å². The fourth-order valence-corrected chi connectivity index (χ4v) is 1.91. The standard InChI is InChI=1S/C12H7F3O4S/c13-7-1-3-8(4-2-7)19-12-10(14)5-9(6-11(12)15)20(16,17)18/h1-6H,(H,16,17,18). The van der Waals surface area contributed by atoms with Gasteiger partial charge in [-0.05, 0) is 36.4 Å².